The Morgan fingerprint density at radius 1 is 1.31 bits per heavy atom. The maximum absolute atomic E-state index is 13.1. The Labute approximate surface area is 163 Å². The van der Waals surface area contributed by atoms with E-state index in [0.29, 0.717) is 31.8 Å². The largest absolute Gasteiger partial charge is 0.492 e. The van der Waals surface area contributed by atoms with E-state index in [1.165, 1.54) is 10.4 Å². The number of amides is 1. The molecule has 1 heterocycles. The molecule has 1 unspecified atom stereocenters. The average molecular weight is 421 g/mol. The Bertz CT molecular complexity index is 792. The summed E-state index contributed by atoms with van der Waals surface area (Å²) in [5, 5.41) is 2.70. The van der Waals surface area contributed by atoms with E-state index >= 15 is 0 Å². The molecule has 0 bridgehead atoms. The van der Waals surface area contributed by atoms with E-state index in [1.54, 1.807) is 19.1 Å². The van der Waals surface area contributed by atoms with Crippen LogP contribution in [0.4, 0.5) is 5.69 Å². The van der Waals surface area contributed by atoms with Crippen molar-refractivity contribution in [3.8, 4) is 5.75 Å². The third-order valence-corrected chi connectivity index (χ3v) is 7.34. The monoisotopic (exact) mass is 420 g/mol. The molecule has 1 amide bonds. The van der Waals surface area contributed by atoms with Crippen molar-refractivity contribution in [1.29, 1.82) is 0 Å². The lowest BCUT2D eigenvalue weighted by molar-refractivity contribution is -0.117. The minimum atomic E-state index is -3.70. The van der Waals surface area contributed by atoms with Crippen LogP contribution >= 0.6 is 23.2 Å². The first kappa shape index (κ1) is 19.7. The second-order valence-corrected chi connectivity index (χ2v) is 10.0. The number of hydrogen-bond acceptors (Lipinski definition) is 4. The lowest BCUT2D eigenvalue weighted by Gasteiger charge is -2.27. The van der Waals surface area contributed by atoms with Gasteiger partial charge in [0.1, 0.15) is 15.0 Å². The highest BCUT2D eigenvalue weighted by molar-refractivity contribution is 7.89. The molecule has 1 saturated carbocycles. The maximum Gasteiger partial charge on any atom is 0.246 e. The van der Waals surface area contributed by atoms with Crippen LogP contribution < -0.4 is 10.1 Å². The van der Waals surface area contributed by atoms with Crippen molar-refractivity contribution in [2.45, 2.75) is 41.8 Å². The average Bonchev–Trinajstić information content (AvgIpc) is 3.26. The molecule has 6 nitrogen and oxygen atoms in total. The third-order valence-electron chi connectivity index (χ3n) is 4.59. The number of hydrogen-bond donors (Lipinski definition) is 1. The summed E-state index contributed by atoms with van der Waals surface area (Å²) in [4.78, 5) is 12.3. The molecule has 3 rings (SSSR count). The number of nitrogens with zero attached hydrogens (tertiary/aromatic N) is 1. The van der Waals surface area contributed by atoms with E-state index in [2.05, 4.69) is 5.32 Å². The summed E-state index contributed by atoms with van der Waals surface area (Å²) in [6, 6.07) is 4.63. The summed E-state index contributed by atoms with van der Waals surface area (Å²) in [5.41, 5.74) is 0.380. The topological polar surface area (TPSA) is 75.7 Å². The Morgan fingerprint density at radius 2 is 1.96 bits per heavy atom. The highest BCUT2D eigenvalue weighted by Gasteiger charge is 2.56. The van der Waals surface area contributed by atoms with E-state index in [-0.39, 0.29) is 16.6 Å². The van der Waals surface area contributed by atoms with Crippen molar-refractivity contribution in [1.82, 2.24) is 4.31 Å². The molecule has 144 valence electrons. The number of carbonyl (C=O) groups is 1. The van der Waals surface area contributed by atoms with Crippen LogP contribution in [-0.2, 0) is 14.8 Å². The Morgan fingerprint density at radius 3 is 2.54 bits per heavy atom. The van der Waals surface area contributed by atoms with Crippen molar-refractivity contribution in [2.75, 3.05) is 25.0 Å². The normalized spacial score (nSPS) is 22.7. The van der Waals surface area contributed by atoms with Crippen molar-refractivity contribution < 1.29 is 17.9 Å². The Kier molecular flexibility index (Phi) is 5.72. The number of benzene rings is 1. The highest BCUT2D eigenvalue weighted by atomic mass is 35.5. The second kappa shape index (κ2) is 7.54. The number of carbonyl (C=O) groups excluding carboxylic acids is 1. The van der Waals surface area contributed by atoms with Gasteiger partial charge in [-0.15, -0.1) is 23.2 Å². The van der Waals surface area contributed by atoms with Gasteiger partial charge in [-0.2, -0.15) is 4.31 Å². The molecule has 1 saturated heterocycles. The van der Waals surface area contributed by atoms with E-state index in [4.69, 9.17) is 27.9 Å². The van der Waals surface area contributed by atoms with Crippen LogP contribution in [0.25, 0.3) is 0 Å². The molecule has 1 aromatic rings. The first-order valence-corrected chi connectivity index (χ1v) is 10.9. The molecule has 2 fully saturated rings. The molecule has 0 radical (unpaired) electrons. The SMILES string of the molecule is CCOc1ccc(NC(=O)C2CC2(Cl)Cl)cc1S(=O)(=O)N1CCCCC1. The molecule has 0 spiro atoms. The fourth-order valence-corrected chi connectivity index (χ4v) is 5.21. The maximum atomic E-state index is 13.1. The predicted molar refractivity (Wildman–Crippen MR) is 101 cm³/mol. The van der Waals surface area contributed by atoms with Crippen molar-refractivity contribution in [3.63, 3.8) is 0 Å². The van der Waals surface area contributed by atoms with E-state index in [0.717, 1.165) is 19.3 Å². The number of sulfonamides is 1. The molecule has 1 aliphatic heterocycles. The summed E-state index contributed by atoms with van der Waals surface area (Å²) >= 11 is 11.8. The molecule has 1 aromatic carbocycles. The zero-order valence-electron chi connectivity index (χ0n) is 14.5. The van der Waals surface area contributed by atoms with E-state index in [9.17, 15) is 13.2 Å². The number of anilines is 1. The summed E-state index contributed by atoms with van der Waals surface area (Å²) in [7, 11) is -3.70. The molecular formula is C17H22Cl2N2O4S. The van der Waals surface area contributed by atoms with Crippen molar-refractivity contribution >= 4 is 44.8 Å². The smallest absolute Gasteiger partial charge is 0.246 e. The lowest BCUT2D eigenvalue weighted by atomic mass is 10.2. The first-order valence-electron chi connectivity index (χ1n) is 8.71. The van der Waals surface area contributed by atoms with Crippen LogP contribution in [-0.4, -0.2) is 42.7 Å². The third kappa shape index (κ3) is 4.11. The van der Waals surface area contributed by atoms with Gasteiger partial charge in [-0.3, -0.25) is 4.79 Å². The van der Waals surface area contributed by atoms with Crippen LogP contribution in [0.5, 0.6) is 5.75 Å². The van der Waals surface area contributed by atoms with Crippen LogP contribution in [0, 0.1) is 5.92 Å². The van der Waals surface area contributed by atoms with E-state index in [1.807, 2.05) is 0 Å². The van der Waals surface area contributed by atoms with Crippen LogP contribution in [0.1, 0.15) is 32.6 Å². The van der Waals surface area contributed by atoms with Gasteiger partial charge in [0, 0.05) is 18.8 Å². The van der Waals surface area contributed by atoms with Crippen molar-refractivity contribution in [2.24, 2.45) is 5.92 Å². The van der Waals surface area contributed by atoms with Gasteiger partial charge in [0.05, 0.1) is 12.5 Å². The van der Waals surface area contributed by atoms with Gasteiger partial charge in [0.2, 0.25) is 15.9 Å². The fraction of sp³-hybridized carbons (Fsp3) is 0.588. The van der Waals surface area contributed by atoms with Crippen molar-refractivity contribution in [3.05, 3.63) is 18.2 Å². The summed E-state index contributed by atoms with van der Waals surface area (Å²) in [5.74, 6) is -0.522. The molecule has 0 aromatic heterocycles. The second-order valence-electron chi connectivity index (χ2n) is 6.57. The Balaban J connectivity index is 1.88. The van der Waals surface area contributed by atoms with Gasteiger partial charge >= 0.3 is 0 Å². The number of halogens is 2. The summed E-state index contributed by atoms with van der Waals surface area (Å²) < 4.78 is 32.1. The molecule has 1 aliphatic carbocycles. The molecule has 1 atom stereocenters. The zero-order chi connectivity index (χ0) is 18.9. The van der Waals surface area contributed by atoms with Gasteiger partial charge in [-0.05, 0) is 44.4 Å². The molecule has 2 aliphatic rings. The van der Waals surface area contributed by atoms with Gasteiger partial charge in [0.15, 0.2) is 0 Å². The fourth-order valence-electron chi connectivity index (χ4n) is 3.03. The number of alkyl halides is 2. The van der Waals surface area contributed by atoms with E-state index < -0.39 is 20.3 Å². The summed E-state index contributed by atoms with van der Waals surface area (Å²) in [6.45, 7) is 3.12. The minimum Gasteiger partial charge on any atom is -0.492 e. The lowest BCUT2D eigenvalue weighted by Crippen LogP contribution is -2.35. The van der Waals surface area contributed by atoms with Crippen LogP contribution in [0.15, 0.2) is 23.1 Å². The minimum absolute atomic E-state index is 0.0675. The zero-order valence-corrected chi connectivity index (χ0v) is 16.8. The number of nitrogens with one attached hydrogen (secondary N) is 1. The quantitative estimate of drug-likeness (QED) is 0.715. The number of piperidine rings is 1. The first-order chi connectivity index (χ1) is 12.3. The molecule has 26 heavy (non-hydrogen) atoms. The molecule has 9 heteroatoms. The van der Waals surface area contributed by atoms with Gasteiger partial charge in [0.25, 0.3) is 0 Å². The Hall–Kier alpha value is -1.02. The molecule has 1 N–H and O–H groups in total. The van der Waals surface area contributed by atoms with Crippen LogP contribution in [0.3, 0.4) is 0 Å². The number of rotatable bonds is 6. The summed E-state index contributed by atoms with van der Waals surface area (Å²) in [6.07, 6.45) is 3.10. The highest BCUT2D eigenvalue weighted by Crippen LogP contribution is 2.53. The van der Waals surface area contributed by atoms with Gasteiger partial charge < -0.3 is 10.1 Å². The van der Waals surface area contributed by atoms with Crippen LogP contribution in [0.2, 0.25) is 0 Å². The standard InChI is InChI=1S/C17H22Cl2N2O4S/c1-2-25-14-7-6-12(20-16(22)13-11-17(13,18)19)10-15(14)26(23,24)21-8-4-3-5-9-21/h6-7,10,13H,2-5,8-9,11H2,1H3,(H,20,22). The molecular weight excluding hydrogens is 399 g/mol. The van der Waals surface area contributed by atoms with Gasteiger partial charge in [-0.1, -0.05) is 6.42 Å². The predicted octanol–water partition coefficient (Wildman–Crippen LogP) is 3.39. The van der Waals surface area contributed by atoms with Gasteiger partial charge in [-0.25, -0.2) is 8.42 Å². The number of ether oxygens (including phenoxy) is 1.